The van der Waals surface area contributed by atoms with E-state index in [1.54, 1.807) is 11.9 Å². The van der Waals surface area contributed by atoms with E-state index in [1.807, 2.05) is 46.0 Å². The summed E-state index contributed by atoms with van der Waals surface area (Å²) in [5, 5.41) is 3.97. The van der Waals surface area contributed by atoms with Crippen LogP contribution in [0, 0.1) is 33.6 Å². The van der Waals surface area contributed by atoms with Crippen LogP contribution >= 0.6 is 11.9 Å². The highest BCUT2D eigenvalue weighted by atomic mass is 32.2. The summed E-state index contributed by atoms with van der Waals surface area (Å²) in [5.74, 6) is 3.03. The molecule has 154 valence electrons. The molecule has 0 radical (unpaired) electrons. The van der Waals surface area contributed by atoms with Gasteiger partial charge >= 0.3 is 0 Å². The van der Waals surface area contributed by atoms with Crippen molar-refractivity contribution in [1.82, 2.24) is 15.1 Å². The molecular weight excluding hydrogens is 384 g/mol. The molecule has 3 aromatic rings. The van der Waals surface area contributed by atoms with Gasteiger partial charge in [-0.2, -0.15) is 0 Å². The van der Waals surface area contributed by atoms with Crippen molar-refractivity contribution in [3.63, 3.8) is 0 Å². The maximum absolute atomic E-state index is 5.91. The van der Waals surface area contributed by atoms with E-state index in [4.69, 9.17) is 9.26 Å². The molecule has 0 amide bonds. The fraction of sp³-hybridized carbons (Fsp3) is 0.409. The second-order valence-electron chi connectivity index (χ2n) is 7.53. The number of ether oxygens (including phenoxy) is 1. The molecule has 0 atom stereocenters. The van der Waals surface area contributed by atoms with Crippen molar-refractivity contribution in [2.45, 2.75) is 53.0 Å². The molecule has 0 aliphatic carbocycles. The zero-order chi connectivity index (χ0) is 21.0. The summed E-state index contributed by atoms with van der Waals surface area (Å²) >= 11 is 1.67. The van der Waals surface area contributed by atoms with Crippen LogP contribution < -0.4 is 9.04 Å². The topological polar surface area (TPSA) is 64.3 Å². The van der Waals surface area contributed by atoms with Crippen molar-refractivity contribution in [2.75, 3.05) is 10.8 Å². The van der Waals surface area contributed by atoms with E-state index < -0.39 is 0 Å². The lowest BCUT2D eigenvalue weighted by Gasteiger charge is -2.25. The first-order valence-electron chi connectivity index (χ1n) is 9.74. The first kappa shape index (κ1) is 21.2. The van der Waals surface area contributed by atoms with Gasteiger partial charge in [-0.25, -0.2) is 4.98 Å². The largest absolute Gasteiger partial charge is 0.489 e. The highest BCUT2D eigenvalue weighted by Crippen LogP contribution is 2.31. The van der Waals surface area contributed by atoms with Crippen molar-refractivity contribution in [3.8, 4) is 5.75 Å². The van der Waals surface area contributed by atoms with Gasteiger partial charge in [0, 0.05) is 11.4 Å². The van der Waals surface area contributed by atoms with E-state index in [-0.39, 0.29) is 0 Å². The Kier molecular flexibility index (Phi) is 6.79. The average Bonchev–Trinajstić information content (AvgIpc) is 2.98. The Bertz CT molecular complexity index is 934. The number of hydrogen-bond donors (Lipinski definition) is 0. The van der Waals surface area contributed by atoms with Gasteiger partial charge in [-0.15, -0.1) is 0 Å². The van der Waals surface area contributed by atoms with Gasteiger partial charge in [0.05, 0.1) is 28.8 Å². The minimum atomic E-state index is 0.450. The predicted molar refractivity (Wildman–Crippen MR) is 116 cm³/mol. The third-order valence-electron chi connectivity index (χ3n) is 4.41. The monoisotopic (exact) mass is 412 g/mol. The highest BCUT2D eigenvalue weighted by Gasteiger charge is 2.16. The Morgan fingerprint density at radius 3 is 2.38 bits per heavy atom. The van der Waals surface area contributed by atoms with Crippen LogP contribution in [0.1, 0.15) is 42.3 Å². The lowest BCUT2D eigenvalue weighted by atomic mass is 10.2. The molecule has 29 heavy (non-hydrogen) atoms. The van der Waals surface area contributed by atoms with Crippen LogP contribution in [0.15, 0.2) is 39.9 Å². The average molecular weight is 413 g/mol. The number of benzene rings is 1. The fourth-order valence-corrected chi connectivity index (χ4v) is 4.07. The van der Waals surface area contributed by atoms with E-state index in [1.165, 1.54) is 0 Å². The zero-order valence-corrected chi connectivity index (χ0v) is 18.7. The summed E-state index contributed by atoms with van der Waals surface area (Å²) in [6.45, 7) is 13.5. The van der Waals surface area contributed by atoms with Crippen molar-refractivity contribution in [3.05, 3.63) is 58.9 Å². The smallest absolute Gasteiger partial charge is 0.160 e. The van der Waals surface area contributed by atoms with Gasteiger partial charge in [0.1, 0.15) is 18.1 Å². The Morgan fingerprint density at radius 1 is 1.07 bits per heavy atom. The van der Waals surface area contributed by atoms with E-state index in [9.17, 15) is 0 Å². The van der Waals surface area contributed by atoms with E-state index in [0.29, 0.717) is 12.5 Å². The normalized spacial score (nSPS) is 11.1. The van der Waals surface area contributed by atoms with Gasteiger partial charge in [-0.3, -0.25) is 9.29 Å². The molecule has 0 saturated heterocycles. The standard InChI is InChI=1S/C22H28N4O2S/c1-14(2)12-26(22-17(5)24-15(3)11-23-22)29-20-9-7-19(8-10-20)27-13-21-16(4)25-28-18(21)6/h7-11,14H,12-13H2,1-6H3. The van der Waals surface area contributed by atoms with Gasteiger partial charge < -0.3 is 9.26 Å². The Hall–Kier alpha value is -2.54. The SMILES string of the molecule is Cc1cnc(N(CC(C)C)Sc2ccc(OCc3c(C)noc3C)cc2)c(C)n1. The van der Waals surface area contributed by atoms with Crippen molar-refractivity contribution in [2.24, 2.45) is 5.92 Å². The summed E-state index contributed by atoms with van der Waals surface area (Å²) in [7, 11) is 0. The van der Waals surface area contributed by atoms with Crippen LogP contribution in [0.3, 0.4) is 0 Å². The van der Waals surface area contributed by atoms with Crippen molar-refractivity contribution >= 4 is 17.8 Å². The molecule has 6 nitrogen and oxygen atoms in total. The first-order chi connectivity index (χ1) is 13.8. The molecule has 3 rings (SSSR count). The second-order valence-corrected chi connectivity index (χ2v) is 8.62. The minimum absolute atomic E-state index is 0.450. The van der Waals surface area contributed by atoms with Crippen LogP contribution in [-0.2, 0) is 6.61 Å². The number of aromatic nitrogens is 3. The Morgan fingerprint density at radius 2 is 1.79 bits per heavy atom. The maximum Gasteiger partial charge on any atom is 0.160 e. The number of hydrogen-bond acceptors (Lipinski definition) is 7. The summed E-state index contributed by atoms with van der Waals surface area (Å²) in [6, 6.07) is 8.11. The van der Waals surface area contributed by atoms with Gasteiger partial charge in [0.15, 0.2) is 5.82 Å². The number of anilines is 1. The third-order valence-corrected chi connectivity index (χ3v) is 5.44. The molecule has 2 aromatic heterocycles. The molecule has 0 bridgehead atoms. The molecule has 0 fully saturated rings. The number of aryl methyl sites for hydroxylation is 4. The van der Waals surface area contributed by atoms with Gasteiger partial charge in [0.2, 0.25) is 0 Å². The molecule has 0 aliphatic heterocycles. The zero-order valence-electron chi connectivity index (χ0n) is 17.9. The summed E-state index contributed by atoms with van der Waals surface area (Å²) in [4.78, 5) is 10.3. The number of rotatable bonds is 8. The van der Waals surface area contributed by atoms with Crippen LogP contribution in [0.25, 0.3) is 0 Å². The third kappa shape index (κ3) is 5.50. The quantitative estimate of drug-likeness (QED) is 0.456. The molecule has 2 heterocycles. The molecule has 0 unspecified atom stereocenters. The van der Waals surface area contributed by atoms with Gasteiger partial charge in [-0.05, 0) is 69.8 Å². The van der Waals surface area contributed by atoms with Crippen molar-refractivity contribution < 1.29 is 9.26 Å². The van der Waals surface area contributed by atoms with Crippen LogP contribution in [-0.4, -0.2) is 21.7 Å². The Balaban J connectivity index is 1.70. The summed E-state index contributed by atoms with van der Waals surface area (Å²) < 4.78 is 13.3. The molecule has 0 saturated carbocycles. The van der Waals surface area contributed by atoms with Crippen LogP contribution in [0.2, 0.25) is 0 Å². The summed E-state index contributed by atoms with van der Waals surface area (Å²) in [5.41, 5.74) is 3.74. The molecule has 0 aliphatic rings. The van der Waals surface area contributed by atoms with E-state index >= 15 is 0 Å². The predicted octanol–water partition coefficient (Wildman–Crippen LogP) is 5.45. The molecule has 0 N–H and O–H groups in total. The maximum atomic E-state index is 5.91. The van der Waals surface area contributed by atoms with Crippen LogP contribution in [0.4, 0.5) is 5.82 Å². The van der Waals surface area contributed by atoms with Gasteiger partial charge in [-0.1, -0.05) is 19.0 Å². The lowest BCUT2D eigenvalue weighted by Crippen LogP contribution is -2.22. The molecule has 0 spiro atoms. The minimum Gasteiger partial charge on any atom is -0.489 e. The van der Waals surface area contributed by atoms with Gasteiger partial charge in [0.25, 0.3) is 0 Å². The first-order valence-corrected chi connectivity index (χ1v) is 10.5. The highest BCUT2D eigenvalue weighted by molar-refractivity contribution is 8.00. The van der Waals surface area contributed by atoms with Crippen LogP contribution in [0.5, 0.6) is 5.75 Å². The lowest BCUT2D eigenvalue weighted by molar-refractivity contribution is 0.301. The van der Waals surface area contributed by atoms with E-state index in [2.05, 4.69) is 45.4 Å². The Labute approximate surface area is 176 Å². The molecule has 7 heteroatoms. The fourth-order valence-electron chi connectivity index (χ4n) is 2.92. The second kappa shape index (κ2) is 9.31. The van der Waals surface area contributed by atoms with Crippen molar-refractivity contribution in [1.29, 1.82) is 0 Å². The van der Waals surface area contributed by atoms with E-state index in [0.717, 1.165) is 51.4 Å². The number of nitrogens with zero attached hydrogens (tertiary/aromatic N) is 4. The summed E-state index contributed by atoms with van der Waals surface area (Å²) in [6.07, 6.45) is 1.82. The molecule has 1 aromatic carbocycles. The molecular formula is C22H28N4O2S.